The molecule has 1 aromatic heterocycles. The van der Waals surface area contributed by atoms with Crippen LogP contribution in [0.4, 0.5) is 10.5 Å². The number of carboxylic acid groups (broad SMARTS) is 1. The number of rotatable bonds is 5. The van der Waals surface area contributed by atoms with Gasteiger partial charge >= 0.3 is 12.0 Å². The molecule has 2 aromatic rings. The molecule has 0 aliphatic heterocycles. The number of urea groups is 1. The highest BCUT2D eigenvalue weighted by Crippen LogP contribution is 2.22. The van der Waals surface area contributed by atoms with Crippen molar-refractivity contribution >= 4 is 29.0 Å². The van der Waals surface area contributed by atoms with E-state index < -0.39 is 12.0 Å². The summed E-state index contributed by atoms with van der Waals surface area (Å²) in [5.74, 6) is -0.673. The summed E-state index contributed by atoms with van der Waals surface area (Å²) in [5.41, 5.74) is 1.83. The highest BCUT2D eigenvalue weighted by atomic mass is 32.1. The second kappa shape index (κ2) is 6.71. The van der Waals surface area contributed by atoms with Crippen LogP contribution in [0.1, 0.15) is 15.2 Å². The van der Waals surface area contributed by atoms with E-state index in [9.17, 15) is 9.59 Å². The van der Waals surface area contributed by atoms with Gasteiger partial charge in [0.25, 0.3) is 0 Å². The number of ether oxygens (including phenoxy) is 1. The van der Waals surface area contributed by atoms with E-state index in [-0.39, 0.29) is 11.3 Å². The molecule has 7 nitrogen and oxygen atoms in total. The van der Waals surface area contributed by atoms with Gasteiger partial charge in [-0.2, -0.15) is 0 Å². The number of aromatic carboxylic acids is 1. The maximum Gasteiger partial charge on any atom is 0.337 e. The number of nitrogens with one attached hydrogen (secondary N) is 2. The molecule has 1 heterocycles. The van der Waals surface area contributed by atoms with E-state index in [0.29, 0.717) is 12.3 Å². The SMILES string of the molecule is COc1ccc(C(=O)O)c(NC(=O)NCc2cncs2)c1. The van der Waals surface area contributed by atoms with Gasteiger partial charge in [0.2, 0.25) is 0 Å². The van der Waals surface area contributed by atoms with Gasteiger partial charge in [-0.25, -0.2) is 9.59 Å². The van der Waals surface area contributed by atoms with Crippen molar-refractivity contribution in [3.63, 3.8) is 0 Å². The zero-order valence-electron chi connectivity index (χ0n) is 11.1. The summed E-state index contributed by atoms with van der Waals surface area (Å²) in [6, 6.07) is 3.85. The standard InChI is InChI=1S/C13H13N3O4S/c1-20-8-2-3-10(12(17)18)11(4-8)16-13(19)15-6-9-5-14-7-21-9/h2-5,7H,6H2,1H3,(H,17,18)(H2,15,16,19). The molecule has 2 rings (SSSR count). The monoisotopic (exact) mass is 307 g/mol. The minimum atomic E-state index is -1.13. The van der Waals surface area contributed by atoms with Crippen LogP contribution in [0.25, 0.3) is 0 Å². The normalized spacial score (nSPS) is 9.95. The maximum absolute atomic E-state index is 11.8. The third kappa shape index (κ3) is 3.93. The number of nitrogens with zero attached hydrogens (tertiary/aromatic N) is 1. The molecule has 2 amide bonds. The predicted molar refractivity (Wildman–Crippen MR) is 77.9 cm³/mol. The number of carboxylic acids is 1. The molecule has 0 fully saturated rings. The van der Waals surface area contributed by atoms with E-state index in [4.69, 9.17) is 9.84 Å². The number of aromatic nitrogens is 1. The fourth-order valence-corrected chi connectivity index (χ4v) is 2.14. The summed E-state index contributed by atoms with van der Waals surface area (Å²) in [6.45, 7) is 0.322. The summed E-state index contributed by atoms with van der Waals surface area (Å²) in [6.07, 6.45) is 1.65. The fourth-order valence-electron chi connectivity index (χ4n) is 1.60. The van der Waals surface area contributed by atoms with E-state index in [1.54, 1.807) is 11.7 Å². The van der Waals surface area contributed by atoms with Crippen molar-refractivity contribution in [2.45, 2.75) is 6.54 Å². The molecular formula is C13H13N3O4S. The summed E-state index contributed by atoms with van der Waals surface area (Å²) < 4.78 is 5.02. The number of hydrogen-bond donors (Lipinski definition) is 3. The molecule has 0 unspecified atom stereocenters. The lowest BCUT2D eigenvalue weighted by Crippen LogP contribution is -2.28. The number of benzene rings is 1. The van der Waals surface area contributed by atoms with Gasteiger partial charge in [0.1, 0.15) is 5.75 Å². The molecular weight excluding hydrogens is 294 g/mol. The number of thiazole rings is 1. The smallest absolute Gasteiger partial charge is 0.337 e. The highest BCUT2D eigenvalue weighted by Gasteiger charge is 2.13. The average molecular weight is 307 g/mol. The molecule has 0 saturated heterocycles. The van der Waals surface area contributed by atoms with Gasteiger partial charge < -0.3 is 20.5 Å². The first-order chi connectivity index (χ1) is 10.1. The van der Waals surface area contributed by atoms with Crippen molar-refractivity contribution in [2.75, 3.05) is 12.4 Å². The number of hydrogen-bond acceptors (Lipinski definition) is 5. The second-order valence-electron chi connectivity index (χ2n) is 3.99. The molecule has 0 aliphatic carbocycles. The van der Waals surface area contributed by atoms with Crippen molar-refractivity contribution in [1.82, 2.24) is 10.3 Å². The van der Waals surface area contributed by atoms with Crippen LogP contribution in [0.2, 0.25) is 0 Å². The van der Waals surface area contributed by atoms with E-state index in [1.807, 2.05) is 0 Å². The van der Waals surface area contributed by atoms with Gasteiger partial charge in [-0.1, -0.05) is 0 Å². The van der Waals surface area contributed by atoms with Crippen LogP contribution in [0, 0.1) is 0 Å². The van der Waals surface area contributed by atoms with Gasteiger partial charge in [-0.05, 0) is 12.1 Å². The Morgan fingerprint density at radius 3 is 2.86 bits per heavy atom. The molecule has 8 heteroatoms. The van der Waals surface area contributed by atoms with Crippen molar-refractivity contribution < 1.29 is 19.4 Å². The molecule has 0 spiro atoms. The van der Waals surface area contributed by atoms with Crippen molar-refractivity contribution in [3.8, 4) is 5.75 Å². The van der Waals surface area contributed by atoms with E-state index in [0.717, 1.165) is 4.88 Å². The van der Waals surface area contributed by atoms with Gasteiger partial charge in [-0.3, -0.25) is 4.98 Å². The van der Waals surface area contributed by atoms with Crippen LogP contribution in [-0.4, -0.2) is 29.2 Å². The lowest BCUT2D eigenvalue weighted by atomic mass is 10.1. The third-order valence-corrected chi connectivity index (χ3v) is 3.39. The maximum atomic E-state index is 11.8. The zero-order chi connectivity index (χ0) is 15.2. The van der Waals surface area contributed by atoms with Crippen LogP contribution >= 0.6 is 11.3 Å². The first-order valence-electron chi connectivity index (χ1n) is 5.93. The predicted octanol–water partition coefficient (Wildman–Crippen LogP) is 2.17. The Bertz CT molecular complexity index is 643. The average Bonchev–Trinajstić information content (AvgIpc) is 2.98. The van der Waals surface area contributed by atoms with Crippen LogP contribution < -0.4 is 15.4 Å². The zero-order valence-corrected chi connectivity index (χ0v) is 11.9. The third-order valence-electron chi connectivity index (χ3n) is 2.61. The number of carbonyl (C=O) groups excluding carboxylic acids is 1. The Hall–Kier alpha value is -2.61. The minimum Gasteiger partial charge on any atom is -0.497 e. The van der Waals surface area contributed by atoms with Crippen molar-refractivity contribution in [1.29, 1.82) is 0 Å². The Kier molecular flexibility index (Phi) is 4.72. The molecule has 0 radical (unpaired) electrons. The first kappa shape index (κ1) is 14.8. The Morgan fingerprint density at radius 2 is 2.24 bits per heavy atom. The van der Waals surface area contributed by atoms with Crippen molar-refractivity contribution in [3.05, 3.63) is 40.3 Å². The molecule has 21 heavy (non-hydrogen) atoms. The lowest BCUT2D eigenvalue weighted by Gasteiger charge is -2.11. The summed E-state index contributed by atoms with van der Waals surface area (Å²) in [5, 5.41) is 14.2. The fraction of sp³-hybridized carbons (Fsp3) is 0.154. The van der Waals surface area contributed by atoms with Gasteiger partial charge in [0, 0.05) is 17.1 Å². The summed E-state index contributed by atoms with van der Waals surface area (Å²) in [4.78, 5) is 27.7. The van der Waals surface area contributed by atoms with E-state index in [1.165, 1.54) is 36.6 Å². The summed E-state index contributed by atoms with van der Waals surface area (Å²) in [7, 11) is 1.46. The Labute approximate surface area is 124 Å². The van der Waals surface area contributed by atoms with Gasteiger partial charge in [-0.15, -0.1) is 11.3 Å². The minimum absolute atomic E-state index is 0.0104. The van der Waals surface area contributed by atoms with E-state index in [2.05, 4.69) is 15.6 Å². The highest BCUT2D eigenvalue weighted by molar-refractivity contribution is 7.09. The summed E-state index contributed by atoms with van der Waals surface area (Å²) >= 11 is 1.42. The van der Waals surface area contributed by atoms with Crippen molar-refractivity contribution in [2.24, 2.45) is 0 Å². The van der Waals surface area contributed by atoms with Crippen LogP contribution in [0.3, 0.4) is 0 Å². The largest absolute Gasteiger partial charge is 0.497 e. The van der Waals surface area contributed by atoms with Gasteiger partial charge in [0.15, 0.2) is 0 Å². The quantitative estimate of drug-likeness (QED) is 0.786. The molecule has 0 saturated carbocycles. The molecule has 0 atom stereocenters. The van der Waals surface area contributed by atoms with Crippen LogP contribution in [0.5, 0.6) is 5.75 Å². The molecule has 1 aromatic carbocycles. The Morgan fingerprint density at radius 1 is 1.43 bits per heavy atom. The molecule has 110 valence electrons. The second-order valence-corrected chi connectivity index (χ2v) is 4.96. The first-order valence-corrected chi connectivity index (χ1v) is 6.81. The van der Waals surface area contributed by atoms with Gasteiger partial charge in [0.05, 0.1) is 30.4 Å². The lowest BCUT2D eigenvalue weighted by molar-refractivity contribution is 0.0698. The van der Waals surface area contributed by atoms with Crippen LogP contribution in [0.15, 0.2) is 29.9 Å². The number of anilines is 1. The number of methoxy groups -OCH3 is 1. The molecule has 0 aliphatic rings. The molecule has 3 N–H and O–H groups in total. The molecule has 0 bridgehead atoms. The Balaban J connectivity index is 2.06. The topological polar surface area (TPSA) is 101 Å². The number of amides is 2. The van der Waals surface area contributed by atoms with Crippen LogP contribution in [-0.2, 0) is 6.54 Å². The number of carbonyl (C=O) groups is 2. The van der Waals surface area contributed by atoms with E-state index >= 15 is 0 Å².